The highest BCUT2D eigenvalue weighted by molar-refractivity contribution is 7.89. The third-order valence-corrected chi connectivity index (χ3v) is 15.2. The number of sulfonamides is 1. The second kappa shape index (κ2) is 14.9. The molecule has 0 bridgehead atoms. The van der Waals surface area contributed by atoms with E-state index in [4.69, 9.17) is 4.74 Å². The van der Waals surface area contributed by atoms with Crippen molar-refractivity contribution in [3.05, 3.63) is 65.0 Å². The van der Waals surface area contributed by atoms with Crippen molar-refractivity contribution in [3.63, 3.8) is 0 Å². The number of halogens is 1. The summed E-state index contributed by atoms with van der Waals surface area (Å²) >= 11 is 0. The SMILES string of the molecule is O=C1CCC(N2C(=O)c3cc(F)c(N4CCC5(CC4)CC(N4CCC(S(=O)(=O)N6CCC(NC(=O)OCc7ccccc7)CC6)CC4)C5)cc3C2=O)C(=O)N1. The van der Waals surface area contributed by atoms with Crippen LogP contribution in [0.2, 0.25) is 0 Å². The van der Waals surface area contributed by atoms with Gasteiger partial charge in [-0.2, -0.15) is 0 Å². The van der Waals surface area contributed by atoms with Gasteiger partial charge < -0.3 is 19.9 Å². The highest BCUT2D eigenvalue weighted by Crippen LogP contribution is 2.52. The van der Waals surface area contributed by atoms with Crippen molar-refractivity contribution in [2.75, 3.05) is 44.2 Å². The fourth-order valence-electron chi connectivity index (χ4n) is 9.49. The Kier molecular flexibility index (Phi) is 10.2. The van der Waals surface area contributed by atoms with Crippen molar-refractivity contribution in [2.45, 2.75) is 94.2 Å². The van der Waals surface area contributed by atoms with Crippen molar-refractivity contribution in [2.24, 2.45) is 5.41 Å². The van der Waals surface area contributed by atoms with E-state index in [1.165, 1.54) is 6.07 Å². The minimum atomic E-state index is -3.45. The Labute approximate surface area is 319 Å². The van der Waals surface area contributed by atoms with Crippen LogP contribution in [0.4, 0.5) is 14.9 Å². The average molecular weight is 779 g/mol. The summed E-state index contributed by atoms with van der Waals surface area (Å²) in [6.45, 7) is 3.58. The number of piperidine rings is 4. The maximum absolute atomic E-state index is 15.5. The third kappa shape index (κ3) is 7.35. The lowest BCUT2D eigenvalue weighted by Crippen LogP contribution is -2.57. The average Bonchev–Trinajstić information content (AvgIpc) is 3.41. The summed E-state index contributed by atoms with van der Waals surface area (Å²) in [7, 11) is -3.45. The zero-order chi connectivity index (χ0) is 38.5. The van der Waals surface area contributed by atoms with Gasteiger partial charge in [0, 0.05) is 44.7 Å². The summed E-state index contributed by atoms with van der Waals surface area (Å²) in [6, 6.07) is 11.1. The predicted molar refractivity (Wildman–Crippen MR) is 198 cm³/mol. The minimum Gasteiger partial charge on any atom is -0.445 e. The lowest BCUT2D eigenvalue weighted by atomic mass is 9.59. The molecule has 5 aliphatic heterocycles. The maximum atomic E-state index is 15.5. The molecule has 294 valence electrons. The molecule has 4 saturated heterocycles. The van der Waals surface area contributed by atoms with Crippen molar-refractivity contribution < 1.29 is 41.5 Å². The number of nitrogens with one attached hydrogen (secondary N) is 2. The highest BCUT2D eigenvalue weighted by Gasteiger charge is 2.50. The molecule has 8 rings (SSSR count). The first kappa shape index (κ1) is 37.5. The first-order valence-corrected chi connectivity index (χ1v) is 20.9. The standard InChI is InChI=1S/C39H47FN6O8S/c40-31-20-29-30(37(50)46(36(29)49)32-6-7-34(47)42-35(32)48)21-33(31)44-18-12-39(13-19-44)22-27(23-39)43-14-10-28(11-15-43)55(52,53)45-16-8-26(9-17-45)41-38(51)54-24-25-4-2-1-3-5-25/h1-5,20-21,26-28,32H,6-19,22-24H2,(H,41,51)(H,42,47,48). The maximum Gasteiger partial charge on any atom is 0.407 e. The van der Waals surface area contributed by atoms with Gasteiger partial charge in [0.15, 0.2) is 0 Å². The summed E-state index contributed by atoms with van der Waals surface area (Å²) in [5.41, 5.74) is 1.30. The molecule has 1 atom stereocenters. The Balaban J connectivity index is 0.780. The molecule has 55 heavy (non-hydrogen) atoms. The van der Waals surface area contributed by atoms with Crippen LogP contribution in [0.25, 0.3) is 0 Å². The van der Waals surface area contributed by atoms with Gasteiger partial charge in [-0.15, -0.1) is 0 Å². The summed E-state index contributed by atoms with van der Waals surface area (Å²) in [5.74, 6) is -3.14. The van der Waals surface area contributed by atoms with Crippen LogP contribution in [0.5, 0.6) is 0 Å². The summed E-state index contributed by atoms with van der Waals surface area (Å²) in [6.07, 6.45) is 5.54. The number of alkyl carbamates (subject to hydrolysis) is 1. The topological polar surface area (TPSA) is 166 Å². The molecule has 16 heteroatoms. The molecule has 1 saturated carbocycles. The molecule has 6 aliphatic rings. The molecular weight excluding hydrogens is 732 g/mol. The predicted octanol–water partition coefficient (Wildman–Crippen LogP) is 3.16. The number of likely N-dealkylation sites (tertiary alicyclic amines) is 1. The molecule has 0 aromatic heterocycles. The van der Waals surface area contributed by atoms with Crippen molar-refractivity contribution in [1.29, 1.82) is 0 Å². The molecule has 1 unspecified atom stereocenters. The number of imide groups is 2. The number of amides is 5. The smallest absolute Gasteiger partial charge is 0.407 e. The molecule has 14 nitrogen and oxygen atoms in total. The molecule has 5 fully saturated rings. The fraction of sp³-hybridized carbons (Fsp3) is 0.564. The fourth-order valence-corrected chi connectivity index (χ4v) is 11.4. The molecule has 0 radical (unpaired) electrons. The van der Waals surface area contributed by atoms with Gasteiger partial charge in [-0.1, -0.05) is 30.3 Å². The van der Waals surface area contributed by atoms with Crippen LogP contribution in [0, 0.1) is 11.2 Å². The normalized spacial score (nSPS) is 24.5. The Morgan fingerprint density at radius 2 is 1.53 bits per heavy atom. The van der Waals surface area contributed by atoms with E-state index in [0.29, 0.717) is 57.9 Å². The van der Waals surface area contributed by atoms with Gasteiger partial charge in [0.25, 0.3) is 11.8 Å². The van der Waals surface area contributed by atoms with E-state index in [2.05, 4.69) is 15.5 Å². The van der Waals surface area contributed by atoms with Crippen molar-refractivity contribution >= 4 is 45.4 Å². The van der Waals surface area contributed by atoms with E-state index in [1.807, 2.05) is 35.2 Å². The number of fused-ring (bicyclic) bond motifs is 1. The van der Waals surface area contributed by atoms with Gasteiger partial charge in [-0.25, -0.2) is 21.9 Å². The molecule has 5 amide bonds. The van der Waals surface area contributed by atoms with Crippen LogP contribution >= 0.6 is 0 Å². The zero-order valence-corrected chi connectivity index (χ0v) is 31.5. The number of hydrogen-bond donors (Lipinski definition) is 2. The van der Waals surface area contributed by atoms with E-state index < -0.39 is 56.9 Å². The number of rotatable bonds is 8. The largest absolute Gasteiger partial charge is 0.445 e. The Hall–Kier alpha value is -4.41. The van der Waals surface area contributed by atoms with Crippen LogP contribution in [-0.4, -0.2) is 115 Å². The lowest BCUT2D eigenvalue weighted by molar-refractivity contribution is -0.136. The molecule has 2 aromatic rings. The molecule has 5 heterocycles. The molecular formula is C39H47FN6O8S. The number of carbonyl (C=O) groups is 5. The second-order valence-corrected chi connectivity index (χ2v) is 18.2. The van der Waals surface area contributed by atoms with E-state index in [-0.39, 0.29) is 47.7 Å². The Bertz CT molecular complexity index is 1970. The number of hydrogen-bond acceptors (Lipinski definition) is 10. The lowest BCUT2D eigenvalue weighted by Gasteiger charge is -2.56. The summed E-state index contributed by atoms with van der Waals surface area (Å²) in [4.78, 5) is 68.0. The molecule has 2 aromatic carbocycles. The van der Waals surface area contributed by atoms with E-state index in [9.17, 15) is 32.4 Å². The van der Waals surface area contributed by atoms with E-state index >= 15 is 4.39 Å². The van der Waals surface area contributed by atoms with Crippen LogP contribution < -0.4 is 15.5 Å². The zero-order valence-electron chi connectivity index (χ0n) is 30.7. The molecule has 1 aliphatic carbocycles. The Morgan fingerprint density at radius 3 is 2.18 bits per heavy atom. The van der Waals surface area contributed by atoms with E-state index in [1.54, 1.807) is 4.31 Å². The monoisotopic (exact) mass is 778 g/mol. The molecule has 2 N–H and O–H groups in total. The van der Waals surface area contributed by atoms with Gasteiger partial charge in [-0.3, -0.25) is 29.4 Å². The van der Waals surface area contributed by atoms with Gasteiger partial charge in [-0.05, 0) is 94.0 Å². The quantitative estimate of drug-likeness (QED) is 0.381. The van der Waals surface area contributed by atoms with Crippen LogP contribution in [0.15, 0.2) is 42.5 Å². The second-order valence-electron chi connectivity index (χ2n) is 16.0. The van der Waals surface area contributed by atoms with Crippen LogP contribution in [-0.2, 0) is 31.0 Å². The van der Waals surface area contributed by atoms with Gasteiger partial charge in [0.2, 0.25) is 21.8 Å². The van der Waals surface area contributed by atoms with Gasteiger partial charge in [0.05, 0.1) is 22.1 Å². The van der Waals surface area contributed by atoms with Gasteiger partial charge >= 0.3 is 6.09 Å². The van der Waals surface area contributed by atoms with Gasteiger partial charge in [0.1, 0.15) is 18.5 Å². The summed E-state index contributed by atoms with van der Waals surface area (Å²) < 4.78 is 49.6. The minimum absolute atomic E-state index is 0.0107. The Morgan fingerprint density at radius 1 is 0.873 bits per heavy atom. The number of carbonyl (C=O) groups excluding carboxylic acids is 5. The van der Waals surface area contributed by atoms with Crippen molar-refractivity contribution in [3.8, 4) is 0 Å². The third-order valence-electron chi connectivity index (χ3n) is 12.8. The van der Waals surface area contributed by atoms with Crippen molar-refractivity contribution in [1.82, 2.24) is 24.7 Å². The molecule has 1 spiro atoms. The summed E-state index contributed by atoms with van der Waals surface area (Å²) in [5, 5.41) is 4.64. The van der Waals surface area contributed by atoms with E-state index in [0.717, 1.165) is 55.3 Å². The number of anilines is 1. The first-order chi connectivity index (χ1) is 26.4. The number of benzene rings is 2. The van der Waals surface area contributed by atoms with Crippen LogP contribution in [0.3, 0.4) is 0 Å². The van der Waals surface area contributed by atoms with Crippen LogP contribution in [0.1, 0.15) is 90.5 Å². The number of ether oxygens (including phenoxy) is 1. The number of nitrogens with zero attached hydrogens (tertiary/aromatic N) is 4. The highest BCUT2D eigenvalue weighted by atomic mass is 32.2. The first-order valence-electron chi connectivity index (χ1n) is 19.4.